The molecule has 1 aliphatic carbocycles. The minimum absolute atomic E-state index is 0.0456. The van der Waals surface area contributed by atoms with E-state index in [0.717, 1.165) is 27.7 Å². The molecule has 2 aromatic heterocycles. The lowest BCUT2D eigenvalue weighted by Crippen LogP contribution is -2.23. The minimum atomic E-state index is -0.754. The number of pyridine rings is 1. The van der Waals surface area contributed by atoms with E-state index in [2.05, 4.69) is 11.1 Å². The average molecular weight is 301 g/mol. The molecule has 0 amide bonds. The summed E-state index contributed by atoms with van der Waals surface area (Å²) in [7, 11) is 1.92. The van der Waals surface area contributed by atoms with Gasteiger partial charge in [-0.05, 0) is 37.1 Å². The second-order valence-electron chi connectivity index (χ2n) is 6.47. The van der Waals surface area contributed by atoms with Crippen LogP contribution in [0.1, 0.15) is 35.5 Å². The third-order valence-electron chi connectivity index (χ3n) is 4.68. The summed E-state index contributed by atoms with van der Waals surface area (Å²) in [4.78, 5) is 17.2. The van der Waals surface area contributed by atoms with Crippen molar-refractivity contribution in [1.29, 1.82) is 5.26 Å². The lowest BCUT2D eigenvalue weighted by molar-refractivity contribution is 0.103. The molecule has 0 saturated heterocycles. The highest BCUT2D eigenvalue weighted by atomic mass is 16.1. The molecule has 0 bridgehead atoms. The Bertz CT molecular complexity index is 1030. The molecule has 0 atom stereocenters. The quantitative estimate of drug-likeness (QED) is 0.540. The van der Waals surface area contributed by atoms with E-state index in [0.29, 0.717) is 11.1 Å². The second-order valence-corrected chi connectivity index (χ2v) is 6.47. The molecule has 4 nitrogen and oxygen atoms in total. The number of aryl methyl sites for hydroxylation is 1. The fourth-order valence-corrected chi connectivity index (χ4v) is 3.66. The predicted octanol–water partition coefficient (Wildman–Crippen LogP) is 3.59. The van der Waals surface area contributed by atoms with Crippen molar-refractivity contribution < 1.29 is 4.79 Å². The van der Waals surface area contributed by atoms with Gasteiger partial charge in [0.25, 0.3) is 0 Å². The standard InChI is InChI=1S/C19H15N3O/c1-19(2,10-20)18-16-15-12(5-4-6-14(15)22(18)3)11-7-8-21-9-13(11)17(16)23/h4-9H,1-3H3. The average Bonchev–Trinajstić information content (AvgIpc) is 2.87. The second kappa shape index (κ2) is 4.30. The third-order valence-corrected chi connectivity index (χ3v) is 4.68. The van der Waals surface area contributed by atoms with Gasteiger partial charge < -0.3 is 4.57 Å². The van der Waals surface area contributed by atoms with Gasteiger partial charge in [0.05, 0.1) is 17.0 Å². The van der Waals surface area contributed by atoms with Crippen LogP contribution in [0, 0.1) is 11.3 Å². The van der Waals surface area contributed by atoms with Crippen molar-refractivity contribution in [3.05, 3.63) is 53.5 Å². The molecule has 1 aromatic carbocycles. The van der Waals surface area contributed by atoms with Crippen LogP contribution >= 0.6 is 0 Å². The third kappa shape index (κ3) is 1.59. The van der Waals surface area contributed by atoms with Crippen molar-refractivity contribution in [2.45, 2.75) is 19.3 Å². The van der Waals surface area contributed by atoms with Crippen molar-refractivity contribution in [2.75, 3.05) is 0 Å². The molecule has 0 saturated carbocycles. The van der Waals surface area contributed by atoms with E-state index in [1.54, 1.807) is 12.4 Å². The van der Waals surface area contributed by atoms with Crippen LogP contribution in [0.5, 0.6) is 0 Å². The lowest BCUT2D eigenvalue weighted by Gasteiger charge is -2.21. The van der Waals surface area contributed by atoms with Gasteiger partial charge in [0.1, 0.15) is 0 Å². The van der Waals surface area contributed by atoms with Gasteiger partial charge in [-0.25, -0.2) is 0 Å². The molecular formula is C19H15N3O. The Hall–Kier alpha value is -2.93. The number of aromatic nitrogens is 2. The molecule has 0 aliphatic heterocycles. The topological polar surface area (TPSA) is 58.7 Å². The van der Waals surface area contributed by atoms with Gasteiger partial charge in [-0.2, -0.15) is 5.26 Å². The molecule has 0 radical (unpaired) electrons. The Morgan fingerprint density at radius 3 is 2.70 bits per heavy atom. The molecule has 23 heavy (non-hydrogen) atoms. The SMILES string of the molecule is Cn1c(C(C)(C)C#N)c2c3c(cccc31)-c1ccncc1C2=O. The number of ketones is 1. The summed E-state index contributed by atoms with van der Waals surface area (Å²) in [5.41, 5.74) is 4.18. The monoisotopic (exact) mass is 301 g/mol. The summed E-state index contributed by atoms with van der Waals surface area (Å²) < 4.78 is 1.98. The van der Waals surface area contributed by atoms with Gasteiger partial charge in [0.2, 0.25) is 0 Å². The first-order chi connectivity index (χ1) is 11.0. The zero-order valence-corrected chi connectivity index (χ0v) is 13.2. The van der Waals surface area contributed by atoms with Crippen LogP contribution < -0.4 is 0 Å². The Kier molecular flexibility index (Phi) is 2.56. The number of hydrogen-bond acceptors (Lipinski definition) is 3. The number of carbonyl (C=O) groups excluding carboxylic acids is 1. The molecule has 2 heterocycles. The predicted molar refractivity (Wildman–Crippen MR) is 88.2 cm³/mol. The van der Waals surface area contributed by atoms with Crippen LogP contribution in [0.15, 0.2) is 36.7 Å². The van der Waals surface area contributed by atoms with E-state index in [9.17, 15) is 10.1 Å². The molecule has 0 N–H and O–H groups in total. The van der Waals surface area contributed by atoms with Crippen molar-refractivity contribution in [3.8, 4) is 17.2 Å². The largest absolute Gasteiger partial charge is 0.346 e. The van der Waals surface area contributed by atoms with Crippen LogP contribution in [-0.4, -0.2) is 15.3 Å². The molecule has 0 fully saturated rings. The van der Waals surface area contributed by atoms with Crippen LogP contribution in [0.4, 0.5) is 0 Å². The van der Waals surface area contributed by atoms with Crippen LogP contribution in [0.2, 0.25) is 0 Å². The normalized spacial score (nSPS) is 13.0. The fourth-order valence-electron chi connectivity index (χ4n) is 3.66. The maximum atomic E-state index is 13.1. The van der Waals surface area contributed by atoms with Gasteiger partial charge in [0.15, 0.2) is 5.78 Å². The van der Waals surface area contributed by atoms with Gasteiger partial charge in [-0.1, -0.05) is 12.1 Å². The summed E-state index contributed by atoms with van der Waals surface area (Å²) in [6, 6.07) is 10.2. The van der Waals surface area contributed by atoms with Crippen LogP contribution in [0.25, 0.3) is 22.0 Å². The zero-order chi connectivity index (χ0) is 16.4. The molecule has 112 valence electrons. The first-order valence-electron chi connectivity index (χ1n) is 7.49. The molecule has 1 aliphatic rings. The first-order valence-corrected chi connectivity index (χ1v) is 7.49. The number of nitriles is 1. The number of rotatable bonds is 1. The fraction of sp³-hybridized carbons (Fsp3) is 0.211. The van der Waals surface area contributed by atoms with E-state index >= 15 is 0 Å². The number of carbonyl (C=O) groups is 1. The van der Waals surface area contributed by atoms with Gasteiger partial charge >= 0.3 is 0 Å². The summed E-state index contributed by atoms with van der Waals surface area (Å²) in [5.74, 6) is -0.0456. The maximum absolute atomic E-state index is 13.1. The maximum Gasteiger partial charge on any atom is 0.197 e. The van der Waals surface area contributed by atoms with Crippen molar-refractivity contribution in [2.24, 2.45) is 7.05 Å². The number of hydrogen-bond donors (Lipinski definition) is 0. The number of nitrogens with zero attached hydrogens (tertiary/aromatic N) is 3. The molecule has 4 rings (SSSR count). The van der Waals surface area contributed by atoms with E-state index in [4.69, 9.17) is 0 Å². The zero-order valence-electron chi connectivity index (χ0n) is 13.2. The van der Waals surface area contributed by atoms with Gasteiger partial charge in [-0.3, -0.25) is 9.78 Å². The molecular weight excluding hydrogens is 286 g/mol. The van der Waals surface area contributed by atoms with Crippen molar-refractivity contribution >= 4 is 16.7 Å². The Morgan fingerprint density at radius 2 is 1.96 bits per heavy atom. The Balaban J connectivity index is 2.26. The van der Waals surface area contributed by atoms with Crippen LogP contribution in [-0.2, 0) is 12.5 Å². The first kappa shape index (κ1) is 13.7. The summed E-state index contributed by atoms with van der Waals surface area (Å²) in [6.07, 6.45) is 3.33. The van der Waals surface area contributed by atoms with E-state index in [-0.39, 0.29) is 5.78 Å². The van der Waals surface area contributed by atoms with Gasteiger partial charge in [0, 0.05) is 41.6 Å². The Morgan fingerprint density at radius 1 is 1.17 bits per heavy atom. The summed E-state index contributed by atoms with van der Waals surface area (Å²) in [6.45, 7) is 3.70. The lowest BCUT2D eigenvalue weighted by atomic mass is 9.81. The molecule has 3 aromatic rings. The minimum Gasteiger partial charge on any atom is -0.346 e. The van der Waals surface area contributed by atoms with Crippen molar-refractivity contribution in [3.63, 3.8) is 0 Å². The highest BCUT2D eigenvalue weighted by molar-refractivity contribution is 6.26. The highest BCUT2D eigenvalue weighted by Gasteiger charge is 2.36. The Labute approximate surface area is 134 Å². The summed E-state index contributed by atoms with van der Waals surface area (Å²) >= 11 is 0. The number of fused-ring (bicyclic) bond motifs is 2. The van der Waals surface area contributed by atoms with E-state index in [1.807, 2.05) is 49.7 Å². The smallest absolute Gasteiger partial charge is 0.197 e. The van der Waals surface area contributed by atoms with E-state index in [1.165, 1.54) is 0 Å². The van der Waals surface area contributed by atoms with Crippen molar-refractivity contribution in [1.82, 2.24) is 9.55 Å². The molecule has 4 heteroatoms. The summed E-state index contributed by atoms with van der Waals surface area (Å²) in [5, 5.41) is 10.5. The number of benzene rings is 1. The van der Waals surface area contributed by atoms with Crippen LogP contribution in [0.3, 0.4) is 0 Å². The molecule has 0 unspecified atom stereocenters. The van der Waals surface area contributed by atoms with E-state index < -0.39 is 5.41 Å². The molecule has 0 spiro atoms. The highest BCUT2D eigenvalue weighted by Crippen LogP contribution is 2.44. The van der Waals surface area contributed by atoms with Gasteiger partial charge in [-0.15, -0.1) is 0 Å².